The molecular formula is C22H28FN3O3. The molecule has 1 aromatic carbocycles. The predicted molar refractivity (Wildman–Crippen MR) is 111 cm³/mol. The van der Waals surface area contributed by atoms with Crippen LogP contribution < -0.4 is 16.1 Å². The van der Waals surface area contributed by atoms with Crippen molar-refractivity contribution in [2.45, 2.75) is 58.0 Å². The number of rotatable bonds is 4. The van der Waals surface area contributed by atoms with E-state index in [0.717, 1.165) is 38.8 Å². The molecular weight excluding hydrogens is 373 g/mol. The van der Waals surface area contributed by atoms with Gasteiger partial charge in [-0.1, -0.05) is 13.8 Å². The van der Waals surface area contributed by atoms with Gasteiger partial charge >= 0.3 is 5.97 Å². The topological polar surface area (TPSA) is 88.6 Å². The molecule has 0 unspecified atom stereocenters. The summed E-state index contributed by atoms with van der Waals surface area (Å²) < 4.78 is 16.8. The Morgan fingerprint density at radius 1 is 1.28 bits per heavy atom. The summed E-state index contributed by atoms with van der Waals surface area (Å²) in [6, 6.07) is 1.39. The number of halogens is 1. The summed E-state index contributed by atoms with van der Waals surface area (Å²) in [5, 5.41) is 9.51. The Morgan fingerprint density at radius 2 is 1.90 bits per heavy atom. The number of fused-ring (bicyclic) bond motifs is 1. The summed E-state index contributed by atoms with van der Waals surface area (Å²) >= 11 is 0. The molecule has 2 aromatic rings. The summed E-state index contributed by atoms with van der Waals surface area (Å²) in [5.41, 5.74) is 7.14. The first-order chi connectivity index (χ1) is 13.8. The van der Waals surface area contributed by atoms with Crippen molar-refractivity contribution >= 4 is 22.6 Å². The summed E-state index contributed by atoms with van der Waals surface area (Å²) in [7, 11) is 0. The Labute approximate surface area is 169 Å². The van der Waals surface area contributed by atoms with E-state index in [1.807, 2.05) is 30.2 Å². The SMILES string of the molecule is CC.Cc1c(N2CC(C3(N)CC3)C2)c(F)cc2c(=O)c(C(=O)O)cn(C3CC3)c12. The van der Waals surface area contributed by atoms with Crippen molar-refractivity contribution in [3.05, 3.63) is 39.4 Å². The Kier molecular flexibility index (Phi) is 4.69. The second kappa shape index (κ2) is 6.83. The summed E-state index contributed by atoms with van der Waals surface area (Å²) in [6.07, 6.45) is 5.36. The summed E-state index contributed by atoms with van der Waals surface area (Å²) in [4.78, 5) is 26.1. The van der Waals surface area contributed by atoms with Gasteiger partial charge in [-0.05, 0) is 44.2 Å². The van der Waals surface area contributed by atoms with Crippen LogP contribution in [0.4, 0.5) is 10.1 Å². The van der Waals surface area contributed by atoms with Crippen LogP contribution in [-0.2, 0) is 0 Å². The zero-order valence-corrected chi connectivity index (χ0v) is 17.2. The largest absolute Gasteiger partial charge is 0.477 e. The highest BCUT2D eigenvalue weighted by molar-refractivity contribution is 5.95. The first kappa shape index (κ1) is 19.9. The molecule has 2 aliphatic carbocycles. The number of hydrogen-bond acceptors (Lipinski definition) is 4. The summed E-state index contributed by atoms with van der Waals surface area (Å²) in [6.45, 7) is 7.27. The van der Waals surface area contributed by atoms with Gasteiger partial charge in [0.2, 0.25) is 5.43 Å². The second-order valence-electron chi connectivity index (χ2n) is 8.38. The molecule has 5 rings (SSSR count). The lowest BCUT2D eigenvalue weighted by atomic mass is 9.88. The molecule has 3 fully saturated rings. The van der Waals surface area contributed by atoms with Crippen LogP contribution in [0.1, 0.15) is 61.5 Å². The van der Waals surface area contributed by atoms with Crippen molar-refractivity contribution in [2.24, 2.45) is 11.7 Å². The third-order valence-electron chi connectivity index (χ3n) is 6.49. The van der Waals surface area contributed by atoms with Crippen LogP contribution in [0.25, 0.3) is 10.9 Å². The first-order valence-corrected chi connectivity index (χ1v) is 10.5. The van der Waals surface area contributed by atoms with Crippen molar-refractivity contribution in [1.82, 2.24) is 4.57 Å². The lowest BCUT2D eigenvalue weighted by Gasteiger charge is -2.45. The first-order valence-electron chi connectivity index (χ1n) is 10.5. The van der Waals surface area contributed by atoms with E-state index in [9.17, 15) is 19.1 Å². The molecule has 1 saturated heterocycles. The fourth-order valence-electron chi connectivity index (χ4n) is 4.43. The lowest BCUT2D eigenvalue weighted by molar-refractivity contribution is 0.0695. The molecule has 1 aromatic heterocycles. The normalized spacial score (nSPS) is 20.1. The molecule has 6 nitrogen and oxygen atoms in total. The van der Waals surface area contributed by atoms with Gasteiger partial charge in [-0.15, -0.1) is 0 Å². The third-order valence-corrected chi connectivity index (χ3v) is 6.49. The molecule has 7 heteroatoms. The van der Waals surface area contributed by atoms with E-state index >= 15 is 0 Å². The van der Waals surface area contributed by atoms with Gasteiger partial charge in [0, 0.05) is 42.2 Å². The van der Waals surface area contributed by atoms with Gasteiger partial charge < -0.3 is 20.3 Å². The summed E-state index contributed by atoms with van der Waals surface area (Å²) in [5.74, 6) is -1.36. The van der Waals surface area contributed by atoms with Crippen LogP contribution in [-0.4, -0.2) is 34.3 Å². The van der Waals surface area contributed by atoms with Crippen molar-refractivity contribution in [1.29, 1.82) is 0 Å². The predicted octanol–water partition coefficient (Wildman–Crippen LogP) is 3.44. The lowest BCUT2D eigenvalue weighted by Crippen LogP contribution is -2.56. The molecule has 1 aliphatic heterocycles. The molecule has 3 aliphatic rings. The molecule has 0 spiro atoms. The van der Waals surface area contributed by atoms with Crippen molar-refractivity contribution in [2.75, 3.05) is 18.0 Å². The van der Waals surface area contributed by atoms with E-state index in [1.165, 1.54) is 12.3 Å². The average Bonchev–Trinajstić information content (AvgIpc) is 3.56. The van der Waals surface area contributed by atoms with E-state index in [1.54, 1.807) is 0 Å². The maximum absolute atomic E-state index is 15.0. The zero-order chi connectivity index (χ0) is 21.1. The van der Waals surface area contributed by atoms with Crippen LogP contribution in [0.3, 0.4) is 0 Å². The molecule has 0 radical (unpaired) electrons. The highest BCUT2D eigenvalue weighted by Gasteiger charge is 2.51. The minimum atomic E-state index is -1.28. The number of carboxylic acid groups (broad SMARTS) is 1. The van der Waals surface area contributed by atoms with Crippen LogP contribution >= 0.6 is 0 Å². The molecule has 29 heavy (non-hydrogen) atoms. The number of carbonyl (C=O) groups is 1. The highest BCUT2D eigenvalue weighted by atomic mass is 19.1. The molecule has 0 atom stereocenters. The van der Waals surface area contributed by atoms with Gasteiger partial charge in [-0.3, -0.25) is 4.79 Å². The van der Waals surface area contributed by atoms with Crippen molar-refractivity contribution in [3.63, 3.8) is 0 Å². The minimum Gasteiger partial charge on any atom is -0.477 e. The maximum Gasteiger partial charge on any atom is 0.341 e. The number of anilines is 1. The zero-order valence-electron chi connectivity index (χ0n) is 17.2. The number of aryl methyl sites for hydroxylation is 1. The van der Waals surface area contributed by atoms with Gasteiger partial charge in [-0.25, -0.2) is 9.18 Å². The van der Waals surface area contributed by atoms with Crippen LogP contribution in [0, 0.1) is 18.7 Å². The highest BCUT2D eigenvalue weighted by Crippen LogP contribution is 2.46. The number of pyridine rings is 1. The molecule has 3 N–H and O–H groups in total. The molecule has 0 amide bonds. The van der Waals surface area contributed by atoms with Crippen LogP contribution in [0.5, 0.6) is 0 Å². The third kappa shape index (κ3) is 3.12. The monoisotopic (exact) mass is 401 g/mol. The Bertz CT molecular complexity index is 1050. The number of nitrogens with two attached hydrogens (primary N) is 1. The minimum absolute atomic E-state index is 0.0791. The van der Waals surface area contributed by atoms with Crippen molar-refractivity contribution in [3.8, 4) is 0 Å². The molecule has 0 bridgehead atoms. The van der Waals surface area contributed by atoms with Gasteiger partial charge in [0.1, 0.15) is 11.4 Å². The van der Waals surface area contributed by atoms with Crippen LogP contribution in [0.15, 0.2) is 17.1 Å². The van der Waals surface area contributed by atoms with Gasteiger partial charge in [0.25, 0.3) is 0 Å². The number of benzene rings is 1. The van der Waals surface area contributed by atoms with Crippen molar-refractivity contribution < 1.29 is 14.3 Å². The van der Waals surface area contributed by atoms with Gasteiger partial charge in [0.05, 0.1) is 11.2 Å². The fourth-order valence-corrected chi connectivity index (χ4v) is 4.43. The second-order valence-corrected chi connectivity index (χ2v) is 8.38. The van der Waals surface area contributed by atoms with Gasteiger partial charge in [-0.2, -0.15) is 0 Å². The van der Waals surface area contributed by atoms with E-state index in [0.29, 0.717) is 22.7 Å². The number of nitrogens with zero attached hydrogens (tertiary/aromatic N) is 2. The van der Waals surface area contributed by atoms with E-state index < -0.39 is 17.2 Å². The standard InChI is InChI=1S/C20H22FN3O3.C2H6/c1-10-16-13(18(25)14(19(26)27)9-24(16)12-2-3-12)6-15(21)17(10)23-7-11(8-23)20(22)4-5-20;1-2/h6,9,11-12H,2-5,7-8,22H2,1H3,(H,26,27);1-2H3. The molecule has 156 valence electrons. The smallest absolute Gasteiger partial charge is 0.341 e. The Hall–Kier alpha value is -2.41. The van der Waals surface area contributed by atoms with Crippen LogP contribution in [0.2, 0.25) is 0 Å². The van der Waals surface area contributed by atoms with Gasteiger partial charge in [0.15, 0.2) is 0 Å². The number of aromatic carboxylic acids is 1. The van der Waals surface area contributed by atoms with E-state index in [2.05, 4.69) is 0 Å². The molecule has 2 saturated carbocycles. The fraction of sp³-hybridized carbons (Fsp3) is 0.545. The average molecular weight is 401 g/mol. The number of carboxylic acids is 1. The van der Waals surface area contributed by atoms with E-state index in [4.69, 9.17) is 5.73 Å². The quantitative estimate of drug-likeness (QED) is 0.819. The number of hydrogen-bond donors (Lipinski definition) is 2. The van der Waals surface area contributed by atoms with E-state index in [-0.39, 0.29) is 22.5 Å². The number of aromatic nitrogens is 1. The molecule has 2 heterocycles. The maximum atomic E-state index is 15.0. The Balaban J connectivity index is 0.000000994. The Morgan fingerprint density at radius 3 is 2.41 bits per heavy atom.